The van der Waals surface area contributed by atoms with Gasteiger partial charge in [0, 0.05) is 12.6 Å². The van der Waals surface area contributed by atoms with Crippen LogP contribution < -0.4 is 10.6 Å². The van der Waals surface area contributed by atoms with Gasteiger partial charge in [-0.2, -0.15) is 0 Å². The zero-order chi connectivity index (χ0) is 13.8. The Labute approximate surface area is 113 Å². The van der Waals surface area contributed by atoms with E-state index < -0.39 is 0 Å². The molecule has 0 aromatic carbocycles. The van der Waals surface area contributed by atoms with Gasteiger partial charge in [-0.3, -0.25) is 0 Å². The molecule has 5 nitrogen and oxygen atoms in total. The van der Waals surface area contributed by atoms with Gasteiger partial charge in [-0.1, -0.05) is 6.92 Å². The van der Waals surface area contributed by atoms with E-state index in [1.807, 2.05) is 0 Å². The molecule has 0 unspecified atom stereocenters. The highest BCUT2D eigenvalue weighted by molar-refractivity contribution is 5.95. The van der Waals surface area contributed by atoms with Crippen LogP contribution in [-0.2, 0) is 4.74 Å². The predicted octanol–water partition coefficient (Wildman–Crippen LogP) is 2.22. The van der Waals surface area contributed by atoms with E-state index in [2.05, 4.69) is 16.8 Å². The maximum atomic E-state index is 12.0. The number of nitrogens with zero attached hydrogens (tertiary/aromatic N) is 2. The van der Waals surface area contributed by atoms with E-state index in [-0.39, 0.29) is 5.97 Å². The minimum Gasteiger partial charge on any atom is -0.462 e. The third kappa shape index (κ3) is 3.16. The molecular formula is C14H21N3O2. The molecule has 1 saturated carbocycles. The van der Waals surface area contributed by atoms with E-state index in [4.69, 9.17) is 10.5 Å². The van der Waals surface area contributed by atoms with Crippen molar-refractivity contribution in [2.24, 2.45) is 0 Å². The number of carbonyl (C=O) groups excluding carboxylic acids is 1. The lowest BCUT2D eigenvalue weighted by Crippen LogP contribution is -2.29. The van der Waals surface area contributed by atoms with Gasteiger partial charge in [0.1, 0.15) is 11.4 Å². The second-order valence-electron chi connectivity index (χ2n) is 4.78. The van der Waals surface area contributed by atoms with Gasteiger partial charge in [-0.05, 0) is 32.3 Å². The number of aromatic nitrogens is 1. The third-order valence-corrected chi connectivity index (χ3v) is 3.11. The van der Waals surface area contributed by atoms with E-state index in [1.165, 1.54) is 0 Å². The molecule has 1 fully saturated rings. The lowest BCUT2D eigenvalue weighted by molar-refractivity contribution is 0.0526. The SMILES string of the molecule is CCCN(c1ncc(N)cc1C(=O)OCC)C1CC1. The number of hydrogen-bond donors (Lipinski definition) is 1. The van der Waals surface area contributed by atoms with Crippen molar-refractivity contribution >= 4 is 17.5 Å². The zero-order valence-corrected chi connectivity index (χ0v) is 11.6. The Hall–Kier alpha value is -1.78. The summed E-state index contributed by atoms with van der Waals surface area (Å²) in [5, 5.41) is 0. The first-order valence-corrected chi connectivity index (χ1v) is 6.86. The summed E-state index contributed by atoms with van der Waals surface area (Å²) in [6.07, 6.45) is 4.94. The Kier molecular flexibility index (Phi) is 4.24. The summed E-state index contributed by atoms with van der Waals surface area (Å²) in [5.74, 6) is 0.357. The van der Waals surface area contributed by atoms with Gasteiger partial charge in [0.25, 0.3) is 0 Å². The molecule has 1 aliphatic rings. The number of carbonyl (C=O) groups is 1. The van der Waals surface area contributed by atoms with Crippen LogP contribution in [-0.4, -0.2) is 30.1 Å². The Morgan fingerprint density at radius 1 is 1.53 bits per heavy atom. The van der Waals surface area contributed by atoms with Gasteiger partial charge >= 0.3 is 5.97 Å². The van der Waals surface area contributed by atoms with E-state index in [0.717, 1.165) is 25.8 Å². The molecule has 0 spiro atoms. The molecule has 0 amide bonds. The molecule has 0 atom stereocenters. The molecule has 0 saturated heterocycles. The highest BCUT2D eigenvalue weighted by Crippen LogP contribution is 2.33. The van der Waals surface area contributed by atoms with Crippen LogP contribution in [0.5, 0.6) is 0 Å². The normalized spacial score (nSPS) is 14.2. The van der Waals surface area contributed by atoms with Gasteiger partial charge in [-0.15, -0.1) is 0 Å². The van der Waals surface area contributed by atoms with Crippen LogP contribution in [0.4, 0.5) is 11.5 Å². The maximum absolute atomic E-state index is 12.0. The quantitative estimate of drug-likeness (QED) is 0.797. The summed E-state index contributed by atoms with van der Waals surface area (Å²) < 4.78 is 5.09. The number of hydrogen-bond acceptors (Lipinski definition) is 5. The molecular weight excluding hydrogens is 242 g/mol. The van der Waals surface area contributed by atoms with Crippen molar-refractivity contribution in [2.45, 2.75) is 39.2 Å². The number of pyridine rings is 1. The molecule has 1 aromatic heterocycles. The van der Waals surface area contributed by atoms with Crippen LogP contribution in [0.15, 0.2) is 12.3 Å². The van der Waals surface area contributed by atoms with E-state index in [0.29, 0.717) is 29.7 Å². The molecule has 0 radical (unpaired) electrons. The molecule has 19 heavy (non-hydrogen) atoms. The van der Waals surface area contributed by atoms with E-state index >= 15 is 0 Å². The summed E-state index contributed by atoms with van der Waals surface area (Å²) in [6.45, 7) is 5.16. The molecule has 0 aliphatic heterocycles. The zero-order valence-electron chi connectivity index (χ0n) is 11.6. The molecule has 104 valence electrons. The standard InChI is InChI=1S/C14H21N3O2/c1-3-7-17(11-5-6-11)13-12(14(18)19-4-2)8-10(15)9-16-13/h8-9,11H,3-7,15H2,1-2H3. The largest absolute Gasteiger partial charge is 0.462 e. The fraction of sp³-hybridized carbons (Fsp3) is 0.571. The molecule has 1 aromatic rings. The number of anilines is 2. The van der Waals surface area contributed by atoms with E-state index in [9.17, 15) is 4.79 Å². The molecule has 2 N–H and O–H groups in total. The summed E-state index contributed by atoms with van der Waals surface area (Å²) in [7, 11) is 0. The smallest absolute Gasteiger partial charge is 0.341 e. The van der Waals surface area contributed by atoms with Crippen molar-refractivity contribution in [1.29, 1.82) is 0 Å². The molecule has 5 heteroatoms. The summed E-state index contributed by atoms with van der Waals surface area (Å²) in [5.41, 5.74) is 6.70. The van der Waals surface area contributed by atoms with Crippen LogP contribution in [0.3, 0.4) is 0 Å². The first-order chi connectivity index (χ1) is 9.17. The van der Waals surface area contributed by atoms with Crippen LogP contribution in [0, 0.1) is 0 Å². The minimum absolute atomic E-state index is 0.348. The second-order valence-corrected chi connectivity index (χ2v) is 4.78. The maximum Gasteiger partial charge on any atom is 0.341 e. The highest BCUT2D eigenvalue weighted by atomic mass is 16.5. The Balaban J connectivity index is 2.34. The van der Waals surface area contributed by atoms with Crippen molar-refractivity contribution < 1.29 is 9.53 Å². The summed E-state index contributed by atoms with van der Waals surface area (Å²) in [4.78, 5) is 18.6. The third-order valence-electron chi connectivity index (χ3n) is 3.11. The summed E-state index contributed by atoms with van der Waals surface area (Å²) in [6, 6.07) is 2.16. The predicted molar refractivity (Wildman–Crippen MR) is 75.3 cm³/mol. The van der Waals surface area contributed by atoms with Gasteiger partial charge in [0.2, 0.25) is 0 Å². The fourth-order valence-electron chi connectivity index (χ4n) is 2.15. The van der Waals surface area contributed by atoms with Crippen molar-refractivity contribution in [2.75, 3.05) is 23.8 Å². The number of esters is 1. The first kappa shape index (κ1) is 13.6. The molecule has 1 aliphatic carbocycles. The summed E-state index contributed by atoms with van der Waals surface area (Å²) >= 11 is 0. The Bertz CT molecular complexity index is 458. The van der Waals surface area contributed by atoms with Crippen molar-refractivity contribution in [3.05, 3.63) is 17.8 Å². The average molecular weight is 263 g/mol. The monoisotopic (exact) mass is 263 g/mol. The second kappa shape index (κ2) is 5.91. The number of ether oxygens (including phenoxy) is 1. The fourth-order valence-corrected chi connectivity index (χ4v) is 2.15. The Morgan fingerprint density at radius 3 is 2.84 bits per heavy atom. The van der Waals surface area contributed by atoms with Crippen LogP contribution in [0.25, 0.3) is 0 Å². The van der Waals surface area contributed by atoms with E-state index in [1.54, 1.807) is 19.2 Å². The van der Waals surface area contributed by atoms with Crippen molar-refractivity contribution in [1.82, 2.24) is 4.98 Å². The number of rotatable bonds is 6. The first-order valence-electron chi connectivity index (χ1n) is 6.86. The van der Waals surface area contributed by atoms with Crippen molar-refractivity contribution in [3.8, 4) is 0 Å². The van der Waals surface area contributed by atoms with Crippen LogP contribution in [0.2, 0.25) is 0 Å². The van der Waals surface area contributed by atoms with Gasteiger partial charge in [-0.25, -0.2) is 9.78 Å². The lowest BCUT2D eigenvalue weighted by Gasteiger charge is -2.24. The van der Waals surface area contributed by atoms with Crippen LogP contribution in [0.1, 0.15) is 43.5 Å². The minimum atomic E-state index is -0.348. The van der Waals surface area contributed by atoms with Gasteiger partial charge in [0.05, 0.1) is 18.5 Å². The molecule has 1 heterocycles. The van der Waals surface area contributed by atoms with Gasteiger partial charge < -0.3 is 15.4 Å². The number of nitrogens with two attached hydrogens (primary N) is 1. The highest BCUT2D eigenvalue weighted by Gasteiger charge is 2.32. The average Bonchev–Trinajstić information content (AvgIpc) is 3.21. The van der Waals surface area contributed by atoms with Gasteiger partial charge in [0.15, 0.2) is 0 Å². The Morgan fingerprint density at radius 2 is 2.26 bits per heavy atom. The lowest BCUT2D eigenvalue weighted by atomic mass is 10.2. The number of nitrogen functional groups attached to an aromatic ring is 1. The molecule has 2 rings (SSSR count). The topological polar surface area (TPSA) is 68.5 Å². The molecule has 0 bridgehead atoms. The van der Waals surface area contributed by atoms with Crippen molar-refractivity contribution in [3.63, 3.8) is 0 Å². The van der Waals surface area contributed by atoms with Crippen LogP contribution >= 0.6 is 0 Å².